The van der Waals surface area contributed by atoms with Gasteiger partial charge >= 0.3 is 0 Å². The van der Waals surface area contributed by atoms with Crippen molar-refractivity contribution in [3.63, 3.8) is 0 Å². The summed E-state index contributed by atoms with van der Waals surface area (Å²) in [5.74, 6) is 0. The van der Waals surface area contributed by atoms with Crippen LogP contribution in [0.1, 0.15) is 144 Å². The molecule has 0 bridgehead atoms. The summed E-state index contributed by atoms with van der Waals surface area (Å²) < 4.78 is 36.7. The standard InChI is InChI=1S/C35H76O4Si2.C21H52O6Si4/c1-7-13-23-40(24-14-8-2,25-15-9-3)29-19-21-38-33-35(31-36,32-37)34-39-22-20-30-41(26-16-10-4,27-17-11-5)28-18-12-6;1-28(2,3)26-30(7,8)15-11-13-24-19-21(17-22,18-23)20-25-14-12-16-31(9,10)27-29(4,5)6/h36-37H,7-34H2,1-6H3;22-23H,11-20H2,1-10H3. The van der Waals surface area contributed by atoms with E-state index in [2.05, 4.69) is 107 Å². The van der Waals surface area contributed by atoms with Crippen LogP contribution in [0.2, 0.25) is 126 Å². The Morgan fingerprint density at radius 2 is 0.486 bits per heavy atom. The molecule has 0 aliphatic rings. The van der Waals surface area contributed by atoms with Crippen molar-refractivity contribution in [2.45, 2.75) is 270 Å². The third-order valence-electron chi connectivity index (χ3n) is 14.6. The van der Waals surface area contributed by atoms with Gasteiger partial charge in [-0.05, 0) is 103 Å². The van der Waals surface area contributed by atoms with Crippen LogP contribution in [0.4, 0.5) is 0 Å². The fourth-order valence-electron chi connectivity index (χ4n) is 10.6. The Morgan fingerprint density at radius 1 is 0.292 bits per heavy atom. The first kappa shape index (κ1) is 75.0. The zero-order valence-corrected chi connectivity index (χ0v) is 57.1. The SMILES string of the molecule is CCCC[Si](CCCC)(CCCC)CCCOCC(CO)(CO)COCCC[Si](CCCC)(CCCC)CCCC.C[Si](C)(C)O[Si](C)(C)CCCOCC(CO)(CO)COCCC[Si](C)(C)O[Si](C)(C)C. The normalized spacial score (nSPS) is 13.5. The number of ether oxygens (including phenoxy) is 4. The Labute approximate surface area is 454 Å². The zero-order valence-electron chi connectivity index (χ0n) is 51.1. The molecular formula is C56H128O10Si6. The van der Waals surface area contributed by atoms with Crippen LogP contribution in [0.3, 0.4) is 0 Å². The highest BCUT2D eigenvalue weighted by Crippen LogP contribution is 2.35. The highest BCUT2D eigenvalue weighted by atomic mass is 28.4. The predicted octanol–water partition coefficient (Wildman–Crippen LogP) is 15.4. The quantitative estimate of drug-likeness (QED) is 0.0344. The average Bonchev–Trinajstić information content (AvgIpc) is 3.31. The molecule has 0 aromatic heterocycles. The van der Waals surface area contributed by atoms with E-state index in [-0.39, 0.29) is 26.4 Å². The Morgan fingerprint density at radius 3 is 0.667 bits per heavy atom. The first-order valence-electron chi connectivity index (χ1n) is 30.0. The van der Waals surface area contributed by atoms with Gasteiger partial charge in [0.25, 0.3) is 0 Å². The molecule has 0 saturated heterocycles. The van der Waals surface area contributed by atoms with E-state index in [4.69, 9.17) is 27.2 Å². The van der Waals surface area contributed by atoms with Gasteiger partial charge in [0.1, 0.15) is 0 Å². The molecule has 0 aliphatic heterocycles. The summed E-state index contributed by atoms with van der Waals surface area (Å²) in [5, 5.41) is 40.2. The van der Waals surface area contributed by atoms with Gasteiger partial charge in [-0.1, -0.05) is 167 Å². The summed E-state index contributed by atoms with van der Waals surface area (Å²) in [5.41, 5.74) is -1.44. The molecule has 16 heteroatoms. The summed E-state index contributed by atoms with van der Waals surface area (Å²) in [4.78, 5) is 0. The van der Waals surface area contributed by atoms with Crippen LogP contribution in [-0.2, 0) is 27.2 Å². The van der Waals surface area contributed by atoms with Crippen LogP contribution < -0.4 is 0 Å². The number of aliphatic hydroxyl groups is 4. The van der Waals surface area contributed by atoms with E-state index < -0.39 is 60.2 Å². The van der Waals surface area contributed by atoms with E-state index in [9.17, 15) is 20.4 Å². The molecule has 0 heterocycles. The van der Waals surface area contributed by atoms with Crippen molar-refractivity contribution in [3.05, 3.63) is 0 Å². The Hall–Kier alpha value is 0.901. The topological polar surface area (TPSA) is 136 Å². The van der Waals surface area contributed by atoms with Gasteiger partial charge in [0.2, 0.25) is 0 Å². The third-order valence-corrected chi connectivity index (χ3v) is 38.4. The maximum Gasteiger partial charge on any atom is 0.173 e. The van der Waals surface area contributed by atoms with Crippen molar-refractivity contribution in [2.24, 2.45) is 10.8 Å². The van der Waals surface area contributed by atoms with Crippen molar-refractivity contribution >= 4 is 49.4 Å². The van der Waals surface area contributed by atoms with Crippen LogP contribution in [0, 0.1) is 10.8 Å². The maximum absolute atomic E-state index is 10.2. The number of rotatable bonds is 50. The fourth-order valence-corrected chi connectivity index (χ4v) is 38.1. The number of aliphatic hydroxyl groups excluding tert-OH is 4. The molecule has 10 nitrogen and oxygen atoms in total. The molecule has 0 spiro atoms. The van der Waals surface area contributed by atoms with Gasteiger partial charge in [0.15, 0.2) is 33.3 Å². The van der Waals surface area contributed by atoms with Crippen molar-refractivity contribution in [2.75, 3.05) is 79.3 Å². The van der Waals surface area contributed by atoms with E-state index in [0.29, 0.717) is 39.6 Å². The van der Waals surface area contributed by atoms with Crippen molar-refractivity contribution in [1.82, 2.24) is 0 Å². The second kappa shape index (κ2) is 41.9. The van der Waals surface area contributed by atoms with Gasteiger partial charge in [-0.25, -0.2) is 0 Å². The molecule has 0 rings (SSSR count). The molecule has 0 saturated carbocycles. The smallest absolute Gasteiger partial charge is 0.173 e. The molecule has 0 unspecified atom stereocenters. The lowest BCUT2D eigenvalue weighted by Crippen LogP contribution is -2.42. The first-order valence-corrected chi connectivity index (χ1v) is 48.7. The minimum Gasteiger partial charge on any atom is -0.456 e. The molecule has 0 aromatic rings. The van der Waals surface area contributed by atoms with Gasteiger partial charge in [0.05, 0.1) is 79.8 Å². The molecule has 4 N–H and O–H groups in total. The first-order chi connectivity index (χ1) is 33.8. The summed E-state index contributed by atoms with van der Waals surface area (Å²) in [6.07, 6.45) is 20.3. The molecule has 0 fully saturated rings. The molecule has 0 aliphatic carbocycles. The maximum atomic E-state index is 10.2. The minimum absolute atomic E-state index is 0.0894. The van der Waals surface area contributed by atoms with Gasteiger partial charge < -0.3 is 47.6 Å². The van der Waals surface area contributed by atoms with Crippen molar-refractivity contribution < 1.29 is 47.6 Å². The second-order valence-electron chi connectivity index (χ2n) is 25.8. The number of hydrogen-bond acceptors (Lipinski definition) is 10. The Balaban J connectivity index is 0. The number of hydrogen-bond donors (Lipinski definition) is 4. The highest BCUT2D eigenvalue weighted by Gasteiger charge is 2.35. The Kier molecular flexibility index (Phi) is 43.6. The monoisotopic (exact) mass is 1130 g/mol. The summed E-state index contributed by atoms with van der Waals surface area (Å²) >= 11 is 0. The lowest BCUT2D eigenvalue weighted by atomic mass is 9.92. The third kappa shape index (κ3) is 38.5. The summed E-state index contributed by atoms with van der Waals surface area (Å²) in [6.45, 7) is 40.0. The predicted molar refractivity (Wildman–Crippen MR) is 328 cm³/mol. The van der Waals surface area contributed by atoms with E-state index in [1.807, 2.05) is 0 Å². The Bertz CT molecular complexity index is 1100. The molecule has 0 aromatic carbocycles. The van der Waals surface area contributed by atoms with Gasteiger partial charge in [-0.2, -0.15) is 0 Å². The van der Waals surface area contributed by atoms with Gasteiger partial charge in [0, 0.05) is 26.4 Å². The second-order valence-corrected chi connectivity index (χ2v) is 53.9. The van der Waals surface area contributed by atoms with E-state index in [1.54, 1.807) is 0 Å². The van der Waals surface area contributed by atoms with Gasteiger partial charge in [-0.15, -0.1) is 0 Å². The summed E-state index contributed by atoms with van der Waals surface area (Å²) in [6, 6.07) is 13.7. The molecule has 436 valence electrons. The minimum atomic E-state index is -1.66. The van der Waals surface area contributed by atoms with Crippen LogP contribution in [0.25, 0.3) is 0 Å². The summed E-state index contributed by atoms with van der Waals surface area (Å²) in [7, 11) is -8.83. The molecule has 72 heavy (non-hydrogen) atoms. The molecule has 0 amide bonds. The fraction of sp³-hybridized carbons (Fsp3) is 1.00. The van der Waals surface area contributed by atoms with E-state index in [1.165, 1.54) is 125 Å². The van der Waals surface area contributed by atoms with Crippen molar-refractivity contribution in [3.8, 4) is 0 Å². The lowest BCUT2D eigenvalue weighted by molar-refractivity contribution is -0.0769. The molecule has 0 radical (unpaired) electrons. The van der Waals surface area contributed by atoms with Crippen LogP contribution in [0.15, 0.2) is 0 Å². The van der Waals surface area contributed by atoms with Gasteiger partial charge in [-0.3, -0.25) is 0 Å². The largest absolute Gasteiger partial charge is 0.456 e. The van der Waals surface area contributed by atoms with Crippen molar-refractivity contribution in [1.29, 1.82) is 0 Å². The molecule has 0 atom stereocenters. The lowest BCUT2D eigenvalue weighted by Gasteiger charge is -2.33. The van der Waals surface area contributed by atoms with Crippen LogP contribution >= 0.6 is 0 Å². The van der Waals surface area contributed by atoms with E-state index in [0.717, 1.165) is 51.0 Å². The number of unbranched alkanes of at least 4 members (excludes halogenated alkanes) is 6. The molecular weight excluding hydrogens is 1000 g/mol. The highest BCUT2D eigenvalue weighted by molar-refractivity contribution is 6.85. The zero-order chi connectivity index (χ0) is 55.1. The van der Waals surface area contributed by atoms with E-state index >= 15 is 0 Å². The average molecular weight is 1130 g/mol. The van der Waals surface area contributed by atoms with Crippen LogP contribution in [0.5, 0.6) is 0 Å². The van der Waals surface area contributed by atoms with Crippen LogP contribution in [-0.4, -0.2) is 149 Å².